The SMILES string of the molecule is COc1ccc(C2(c3ccc(OCCO[Si](OC(C)(C)C)(OC(C)(C)C)OC(C)(C)C)cc3)C=Cc3c4c(c5ccccc5c3O2)-c2ccccc2C4(C)C)cc1. The van der Waals surface area contributed by atoms with Gasteiger partial charge in [-0.15, -0.1) is 0 Å². The highest BCUT2D eigenvalue weighted by atomic mass is 28.4. The zero-order valence-corrected chi connectivity index (χ0v) is 36.7. The van der Waals surface area contributed by atoms with E-state index in [0.717, 1.165) is 33.6 Å². The number of hydrogen-bond acceptors (Lipinski definition) is 7. The van der Waals surface area contributed by atoms with Crippen molar-refractivity contribution in [3.05, 3.63) is 131 Å². The van der Waals surface area contributed by atoms with Crippen molar-refractivity contribution in [3.8, 4) is 28.4 Å². The number of ether oxygens (including phenoxy) is 3. The lowest BCUT2D eigenvalue weighted by atomic mass is 9.77. The van der Waals surface area contributed by atoms with E-state index in [2.05, 4.69) is 98.8 Å². The van der Waals surface area contributed by atoms with Crippen LogP contribution in [0.3, 0.4) is 0 Å². The van der Waals surface area contributed by atoms with Crippen LogP contribution in [0.25, 0.3) is 28.0 Å². The molecule has 5 aromatic rings. The third-order valence-corrected chi connectivity index (χ3v) is 13.3. The van der Waals surface area contributed by atoms with E-state index >= 15 is 0 Å². The van der Waals surface area contributed by atoms with Gasteiger partial charge in [-0.3, -0.25) is 0 Å². The number of fused-ring (bicyclic) bond motifs is 8. The highest BCUT2D eigenvalue weighted by Gasteiger charge is 2.54. The van der Waals surface area contributed by atoms with Crippen LogP contribution in [0.2, 0.25) is 0 Å². The molecule has 1 atom stereocenters. The monoisotopic (exact) mass is 786 g/mol. The summed E-state index contributed by atoms with van der Waals surface area (Å²) >= 11 is 0. The van der Waals surface area contributed by atoms with Crippen LogP contribution < -0.4 is 14.2 Å². The van der Waals surface area contributed by atoms with Gasteiger partial charge in [0, 0.05) is 27.5 Å². The van der Waals surface area contributed by atoms with Gasteiger partial charge in [-0.05, 0) is 120 Å². The Bertz CT molecular complexity index is 2230. The molecule has 0 N–H and O–H groups in total. The molecule has 57 heavy (non-hydrogen) atoms. The van der Waals surface area contributed by atoms with Gasteiger partial charge < -0.3 is 31.9 Å². The summed E-state index contributed by atoms with van der Waals surface area (Å²) in [6.45, 7) is 22.9. The van der Waals surface area contributed by atoms with Crippen LogP contribution in [0.5, 0.6) is 17.2 Å². The van der Waals surface area contributed by atoms with Crippen molar-refractivity contribution < 1.29 is 31.9 Å². The molecule has 0 amide bonds. The van der Waals surface area contributed by atoms with E-state index in [1.165, 1.54) is 27.6 Å². The van der Waals surface area contributed by atoms with Crippen molar-refractivity contribution >= 4 is 25.9 Å². The predicted octanol–water partition coefficient (Wildman–Crippen LogP) is 11.8. The lowest BCUT2D eigenvalue weighted by molar-refractivity contribution is -0.135. The number of benzene rings is 5. The van der Waals surface area contributed by atoms with Crippen LogP contribution in [-0.2, 0) is 28.7 Å². The normalized spacial score (nSPS) is 17.5. The molecule has 2 aliphatic rings. The quantitative estimate of drug-likeness (QED) is 0.0976. The van der Waals surface area contributed by atoms with Crippen LogP contribution in [-0.4, -0.2) is 46.2 Å². The molecule has 0 fully saturated rings. The smallest absolute Gasteiger partial charge is 0.497 e. The topological polar surface area (TPSA) is 64.6 Å². The van der Waals surface area contributed by atoms with Gasteiger partial charge in [0.05, 0.1) is 30.5 Å². The first-order chi connectivity index (χ1) is 26.7. The van der Waals surface area contributed by atoms with E-state index < -0.39 is 31.5 Å². The molecular formula is C49H58O7Si. The Labute approximate surface area is 340 Å². The van der Waals surface area contributed by atoms with E-state index in [9.17, 15) is 0 Å². The van der Waals surface area contributed by atoms with Crippen molar-refractivity contribution in [2.45, 2.75) is 104 Å². The van der Waals surface area contributed by atoms with Gasteiger partial charge in [0.1, 0.15) is 23.9 Å². The Kier molecular flexibility index (Phi) is 10.5. The van der Waals surface area contributed by atoms with E-state index in [1.807, 2.05) is 86.6 Å². The maximum Gasteiger partial charge on any atom is 0.681 e. The van der Waals surface area contributed by atoms with Crippen LogP contribution in [0, 0.1) is 0 Å². The number of methoxy groups -OCH3 is 1. The molecule has 7 rings (SSSR count). The number of rotatable bonds is 11. The van der Waals surface area contributed by atoms with Gasteiger partial charge in [-0.1, -0.05) is 92.7 Å². The van der Waals surface area contributed by atoms with E-state index in [1.54, 1.807) is 7.11 Å². The molecule has 5 aromatic carbocycles. The first-order valence-corrected chi connectivity index (χ1v) is 21.6. The van der Waals surface area contributed by atoms with Gasteiger partial charge in [-0.2, -0.15) is 0 Å². The summed E-state index contributed by atoms with van der Waals surface area (Å²) in [5.74, 6) is 2.36. The Morgan fingerprint density at radius 3 is 1.70 bits per heavy atom. The first-order valence-electron chi connectivity index (χ1n) is 19.9. The minimum absolute atomic E-state index is 0.213. The molecule has 7 nitrogen and oxygen atoms in total. The molecular weight excluding hydrogens is 729 g/mol. The molecule has 0 aromatic heterocycles. The third-order valence-electron chi connectivity index (χ3n) is 10.2. The summed E-state index contributed by atoms with van der Waals surface area (Å²) in [7, 11) is -1.94. The molecule has 8 heteroatoms. The molecule has 0 bridgehead atoms. The van der Waals surface area contributed by atoms with Gasteiger partial charge in [0.2, 0.25) is 0 Å². The molecule has 1 aliphatic carbocycles. The summed E-state index contributed by atoms with van der Waals surface area (Å²) in [6, 6.07) is 33.7. The fraction of sp³-hybridized carbons (Fsp3) is 0.388. The highest BCUT2D eigenvalue weighted by Crippen LogP contribution is 2.58. The Balaban J connectivity index is 1.22. The Morgan fingerprint density at radius 1 is 0.614 bits per heavy atom. The minimum atomic E-state index is -3.62. The predicted molar refractivity (Wildman–Crippen MR) is 231 cm³/mol. The number of hydrogen-bond donors (Lipinski definition) is 0. The molecule has 0 saturated heterocycles. The van der Waals surface area contributed by atoms with E-state index in [4.69, 9.17) is 31.9 Å². The van der Waals surface area contributed by atoms with Crippen molar-refractivity contribution in [2.24, 2.45) is 0 Å². The van der Waals surface area contributed by atoms with Crippen molar-refractivity contribution in [2.75, 3.05) is 20.3 Å². The van der Waals surface area contributed by atoms with Gasteiger partial charge in [0.25, 0.3) is 0 Å². The molecule has 1 aliphatic heterocycles. The molecule has 300 valence electrons. The van der Waals surface area contributed by atoms with Crippen molar-refractivity contribution in [1.29, 1.82) is 0 Å². The lowest BCUT2D eigenvalue weighted by Gasteiger charge is -2.41. The fourth-order valence-corrected chi connectivity index (χ4v) is 11.0. The summed E-state index contributed by atoms with van der Waals surface area (Å²) in [5.41, 5.74) is 5.47. The van der Waals surface area contributed by atoms with Gasteiger partial charge >= 0.3 is 9.05 Å². The fourth-order valence-electron chi connectivity index (χ4n) is 8.12. The summed E-state index contributed by atoms with van der Waals surface area (Å²) < 4.78 is 45.2. The maximum absolute atomic E-state index is 7.47. The molecule has 0 spiro atoms. The van der Waals surface area contributed by atoms with E-state index in [0.29, 0.717) is 5.75 Å². The first kappa shape index (κ1) is 40.7. The van der Waals surface area contributed by atoms with Gasteiger partial charge in [0.15, 0.2) is 5.60 Å². The third kappa shape index (κ3) is 8.16. The second-order valence-electron chi connectivity index (χ2n) is 18.5. The van der Waals surface area contributed by atoms with Crippen LogP contribution >= 0.6 is 0 Å². The van der Waals surface area contributed by atoms with Crippen molar-refractivity contribution in [3.63, 3.8) is 0 Å². The van der Waals surface area contributed by atoms with E-state index in [-0.39, 0.29) is 18.6 Å². The maximum atomic E-state index is 7.47. The average Bonchev–Trinajstić information content (AvgIpc) is 3.38. The largest absolute Gasteiger partial charge is 0.681 e. The van der Waals surface area contributed by atoms with Crippen LogP contribution in [0.1, 0.15) is 104 Å². The summed E-state index contributed by atoms with van der Waals surface area (Å²) in [5, 5.41) is 2.27. The van der Waals surface area contributed by atoms with Crippen LogP contribution in [0.15, 0.2) is 103 Å². The summed E-state index contributed by atoms with van der Waals surface area (Å²) in [4.78, 5) is 0. The zero-order chi connectivity index (χ0) is 41.0. The lowest BCUT2D eigenvalue weighted by Crippen LogP contribution is -2.59. The Morgan fingerprint density at radius 2 is 1.14 bits per heavy atom. The zero-order valence-electron chi connectivity index (χ0n) is 35.7. The Hall–Kier alpha value is -4.44. The second-order valence-corrected chi connectivity index (χ2v) is 20.4. The minimum Gasteiger partial charge on any atom is -0.497 e. The van der Waals surface area contributed by atoms with Crippen LogP contribution in [0.4, 0.5) is 0 Å². The molecule has 1 unspecified atom stereocenters. The van der Waals surface area contributed by atoms with Crippen molar-refractivity contribution in [1.82, 2.24) is 0 Å². The second kappa shape index (κ2) is 14.7. The van der Waals surface area contributed by atoms with Gasteiger partial charge in [-0.25, -0.2) is 0 Å². The molecule has 0 saturated carbocycles. The standard InChI is InChI=1S/C49H58O7Si/c1-45(2,3)54-57(55-46(4,5)6,56-47(7,8)9)52-32-31-51-36-27-23-34(24-28-36)49(33-21-25-35(50-12)26-22-33)30-29-40-43-42(37-17-13-14-18-38(37)44(40)53-49)39-19-15-16-20-41(39)48(43,10)11/h13-30H,31-32H2,1-12H3. The average molecular weight is 787 g/mol. The molecule has 0 radical (unpaired) electrons. The molecule has 1 heterocycles. The highest BCUT2D eigenvalue weighted by molar-refractivity contribution is 6.54. The summed E-state index contributed by atoms with van der Waals surface area (Å²) in [6.07, 6.45) is 4.48.